The second-order valence-electron chi connectivity index (χ2n) is 7.28. The molecule has 2 unspecified atom stereocenters. The molecule has 0 spiro atoms. The van der Waals surface area contributed by atoms with Gasteiger partial charge in [0.25, 0.3) is 0 Å². The van der Waals surface area contributed by atoms with E-state index in [9.17, 15) is 18.3 Å². The van der Waals surface area contributed by atoms with Crippen molar-refractivity contribution in [1.82, 2.24) is 24.7 Å². The highest BCUT2D eigenvalue weighted by Gasteiger charge is 2.28. The van der Waals surface area contributed by atoms with Crippen LogP contribution >= 0.6 is 0 Å². The van der Waals surface area contributed by atoms with Gasteiger partial charge in [-0.25, -0.2) is 23.1 Å². The summed E-state index contributed by atoms with van der Waals surface area (Å²) in [7, 11) is 0. The molecule has 3 aromatic rings. The first kappa shape index (κ1) is 18.6. The molecule has 0 bridgehead atoms. The molecule has 0 aliphatic carbocycles. The Morgan fingerprint density at radius 2 is 2.00 bits per heavy atom. The maximum absolute atomic E-state index is 14.5. The summed E-state index contributed by atoms with van der Waals surface area (Å²) in [6.45, 7) is 3.61. The quantitative estimate of drug-likeness (QED) is 0.630. The second-order valence-corrected chi connectivity index (χ2v) is 7.28. The van der Waals surface area contributed by atoms with Crippen molar-refractivity contribution in [2.75, 3.05) is 18.4 Å². The van der Waals surface area contributed by atoms with Crippen molar-refractivity contribution >= 4 is 11.5 Å². The fourth-order valence-corrected chi connectivity index (χ4v) is 3.09. The number of pyridine rings is 1. The van der Waals surface area contributed by atoms with Crippen molar-refractivity contribution in [1.29, 1.82) is 0 Å². The lowest BCUT2D eigenvalue weighted by molar-refractivity contribution is 0.0734. The molecule has 4 heterocycles. The third kappa shape index (κ3) is 3.29. The summed E-state index contributed by atoms with van der Waals surface area (Å²) in [6.07, 6.45) is 3.14. The first-order valence-electron chi connectivity index (χ1n) is 8.78. The molecule has 4 rings (SSSR count). The van der Waals surface area contributed by atoms with Crippen LogP contribution in [0.2, 0.25) is 0 Å². The molecule has 1 fully saturated rings. The van der Waals surface area contributed by atoms with Crippen LogP contribution in [0.1, 0.15) is 19.5 Å². The van der Waals surface area contributed by atoms with Gasteiger partial charge in [0.15, 0.2) is 23.1 Å². The Bertz CT molecular complexity index is 1030. The first-order chi connectivity index (χ1) is 13.2. The summed E-state index contributed by atoms with van der Waals surface area (Å²) in [5, 5.41) is 15.7. The number of rotatable bonds is 4. The Labute approximate surface area is 158 Å². The van der Waals surface area contributed by atoms with Crippen LogP contribution in [0, 0.1) is 11.6 Å². The molecule has 0 saturated carbocycles. The molecule has 2 atom stereocenters. The van der Waals surface area contributed by atoms with Gasteiger partial charge in [-0.2, -0.15) is 0 Å². The Kier molecular flexibility index (Phi) is 4.47. The summed E-state index contributed by atoms with van der Waals surface area (Å²) in [6, 6.07) is 0.0473. The zero-order valence-corrected chi connectivity index (χ0v) is 15.2. The number of aliphatic hydroxyl groups is 1. The minimum absolute atomic E-state index is 0.148. The zero-order valence-electron chi connectivity index (χ0n) is 15.2. The fraction of sp³-hybridized carbons (Fsp3) is 0.389. The average molecular weight is 392 g/mol. The summed E-state index contributed by atoms with van der Waals surface area (Å²) < 4.78 is 44.1. The van der Waals surface area contributed by atoms with Crippen molar-refractivity contribution in [2.24, 2.45) is 0 Å². The number of hydrogen-bond donors (Lipinski definition) is 3. The van der Waals surface area contributed by atoms with Gasteiger partial charge in [-0.1, -0.05) is 0 Å². The highest BCUT2D eigenvalue weighted by molar-refractivity contribution is 5.62. The number of hydrogen-bond acceptors (Lipinski definition) is 6. The molecular weight excluding hydrogens is 373 g/mol. The highest BCUT2D eigenvalue weighted by atomic mass is 19.1. The standard InChI is InChI=1S/C18H19F3N6O/c1-18(2,28)14-8-27-13(6-24-15(27)7-23-14)16-9(19)3-10(20)17(26-16)25-12-5-22-4-11(12)21/h3,6-8,11-12,22,28H,4-5H2,1-2H3,(H,25,26). The second kappa shape index (κ2) is 6.71. The van der Waals surface area contributed by atoms with Gasteiger partial charge in [0.2, 0.25) is 0 Å². The van der Waals surface area contributed by atoms with E-state index in [1.807, 2.05) is 0 Å². The number of alkyl halides is 1. The van der Waals surface area contributed by atoms with Gasteiger partial charge in [0, 0.05) is 25.4 Å². The van der Waals surface area contributed by atoms with Crippen LogP contribution in [-0.2, 0) is 5.60 Å². The van der Waals surface area contributed by atoms with E-state index >= 15 is 0 Å². The van der Waals surface area contributed by atoms with Crippen LogP contribution in [-0.4, -0.2) is 49.8 Å². The lowest BCUT2D eigenvalue weighted by Gasteiger charge is -2.17. The Morgan fingerprint density at radius 1 is 1.21 bits per heavy atom. The molecule has 1 aliphatic rings. The molecule has 10 heteroatoms. The Morgan fingerprint density at radius 3 is 2.68 bits per heavy atom. The van der Waals surface area contributed by atoms with Gasteiger partial charge >= 0.3 is 0 Å². The van der Waals surface area contributed by atoms with Gasteiger partial charge < -0.3 is 15.7 Å². The van der Waals surface area contributed by atoms with E-state index in [1.54, 1.807) is 13.8 Å². The molecule has 148 valence electrons. The van der Waals surface area contributed by atoms with E-state index in [0.717, 1.165) is 0 Å². The molecule has 3 N–H and O–H groups in total. The predicted molar refractivity (Wildman–Crippen MR) is 96.6 cm³/mol. The van der Waals surface area contributed by atoms with E-state index in [0.29, 0.717) is 24.0 Å². The molecule has 28 heavy (non-hydrogen) atoms. The average Bonchev–Trinajstić information content (AvgIpc) is 3.22. The number of imidazole rings is 1. The van der Waals surface area contributed by atoms with Gasteiger partial charge in [-0.3, -0.25) is 9.38 Å². The SMILES string of the molecule is CC(C)(O)c1cn2c(-c3nc(NC4CNCC4F)c(F)cc3F)cnc2cn1. The molecule has 3 aromatic heterocycles. The van der Waals surface area contributed by atoms with E-state index in [4.69, 9.17) is 0 Å². The summed E-state index contributed by atoms with van der Waals surface area (Å²) in [5.74, 6) is -2.03. The number of nitrogens with one attached hydrogen (secondary N) is 2. The highest BCUT2D eigenvalue weighted by Crippen LogP contribution is 2.27. The number of nitrogens with zero attached hydrogens (tertiary/aromatic N) is 4. The smallest absolute Gasteiger partial charge is 0.168 e. The van der Waals surface area contributed by atoms with Gasteiger partial charge in [0.1, 0.15) is 17.5 Å². The number of anilines is 1. The van der Waals surface area contributed by atoms with Gasteiger partial charge in [-0.15, -0.1) is 0 Å². The van der Waals surface area contributed by atoms with Crippen LogP contribution < -0.4 is 10.6 Å². The van der Waals surface area contributed by atoms with Crippen molar-refractivity contribution in [2.45, 2.75) is 31.7 Å². The van der Waals surface area contributed by atoms with Crippen LogP contribution in [0.3, 0.4) is 0 Å². The normalized spacial score (nSPS) is 20.1. The molecular formula is C18H19F3N6O. The molecule has 1 aliphatic heterocycles. The van der Waals surface area contributed by atoms with E-state index in [2.05, 4.69) is 25.6 Å². The summed E-state index contributed by atoms with van der Waals surface area (Å²) >= 11 is 0. The Balaban J connectivity index is 1.79. The molecule has 7 nitrogen and oxygen atoms in total. The minimum Gasteiger partial charge on any atom is -0.384 e. The minimum atomic E-state index is -1.22. The first-order valence-corrected chi connectivity index (χ1v) is 8.78. The molecule has 0 amide bonds. The predicted octanol–water partition coefficient (Wildman–Crippen LogP) is 2.02. The maximum atomic E-state index is 14.5. The van der Waals surface area contributed by atoms with Crippen LogP contribution in [0.15, 0.2) is 24.7 Å². The van der Waals surface area contributed by atoms with E-state index in [-0.39, 0.29) is 23.8 Å². The van der Waals surface area contributed by atoms with E-state index < -0.39 is 29.4 Å². The maximum Gasteiger partial charge on any atom is 0.168 e. The van der Waals surface area contributed by atoms with Gasteiger partial charge in [-0.05, 0) is 13.8 Å². The van der Waals surface area contributed by atoms with E-state index in [1.165, 1.54) is 23.0 Å². The largest absolute Gasteiger partial charge is 0.384 e. The van der Waals surface area contributed by atoms with Crippen molar-refractivity contribution < 1.29 is 18.3 Å². The number of fused-ring (bicyclic) bond motifs is 1. The van der Waals surface area contributed by atoms with Crippen molar-refractivity contribution in [3.8, 4) is 11.4 Å². The van der Waals surface area contributed by atoms with Crippen LogP contribution in [0.25, 0.3) is 17.0 Å². The summed E-state index contributed by atoms with van der Waals surface area (Å²) in [4.78, 5) is 12.4. The number of aromatic nitrogens is 4. The topological polar surface area (TPSA) is 87.4 Å². The monoisotopic (exact) mass is 392 g/mol. The van der Waals surface area contributed by atoms with Crippen molar-refractivity contribution in [3.05, 3.63) is 42.0 Å². The molecule has 0 aromatic carbocycles. The fourth-order valence-electron chi connectivity index (χ4n) is 3.09. The third-order valence-electron chi connectivity index (χ3n) is 4.66. The molecule has 1 saturated heterocycles. The Hall–Kier alpha value is -2.72. The lowest BCUT2D eigenvalue weighted by Crippen LogP contribution is -2.30. The summed E-state index contributed by atoms with van der Waals surface area (Å²) in [5.41, 5.74) is -0.359. The lowest BCUT2D eigenvalue weighted by atomic mass is 10.1. The van der Waals surface area contributed by atoms with Gasteiger partial charge in [0.05, 0.1) is 29.8 Å². The third-order valence-corrected chi connectivity index (χ3v) is 4.66. The zero-order chi connectivity index (χ0) is 20.1. The number of halogens is 3. The molecule has 0 radical (unpaired) electrons. The van der Waals surface area contributed by atoms with Crippen LogP contribution in [0.4, 0.5) is 19.0 Å². The van der Waals surface area contributed by atoms with Crippen LogP contribution in [0.5, 0.6) is 0 Å². The van der Waals surface area contributed by atoms with Crippen molar-refractivity contribution in [3.63, 3.8) is 0 Å².